The molecule has 0 radical (unpaired) electrons. The smallest absolute Gasteiger partial charge is 0.320 e. The van der Waals surface area contributed by atoms with Gasteiger partial charge in [-0.05, 0) is 12.8 Å². The molecule has 1 aliphatic carbocycles. The number of aliphatic hydroxyl groups excluding tert-OH is 1. The Labute approximate surface area is 90.5 Å². The number of carbonyl (C=O) groups excluding carboxylic acids is 3. The van der Waals surface area contributed by atoms with Gasteiger partial charge in [-0.1, -0.05) is 0 Å². The van der Waals surface area contributed by atoms with Gasteiger partial charge in [0.05, 0.1) is 17.8 Å². The Hall–Kier alpha value is -1.43. The van der Waals surface area contributed by atoms with Crippen molar-refractivity contribution >= 4 is 17.9 Å². The highest BCUT2D eigenvalue weighted by atomic mass is 16.6. The zero-order valence-corrected chi connectivity index (χ0v) is 8.34. The average molecular weight is 226 g/mol. The summed E-state index contributed by atoms with van der Waals surface area (Å²) in [5.41, 5.74) is -1.03. The zero-order valence-electron chi connectivity index (χ0n) is 8.34. The molecular formula is C10H10O6. The highest BCUT2D eigenvalue weighted by Gasteiger charge is 2.65. The lowest BCUT2D eigenvalue weighted by atomic mass is 9.76. The number of hydrogen-bond donors (Lipinski definition) is 1. The topological polar surface area (TPSA) is 89.9 Å². The van der Waals surface area contributed by atoms with Crippen molar-refractivity contribution in [3.63, 3.8) is 0 Å². The highest BCUT2D eigenvalue weighted by molar-refractivity contribution is 5.98. The molecule has 4 atom stereocenters. The van der Waals surface area contributed by atoms with Gasteiger partial charge in [-0.15, -0.1) is 0 Å². The van der Waals surface area contributed by atoms with E-state index in [1.165, 1.54) is 0 Å². The molecule has 2 saturated heterocycles. The second-order valence-corrected chi connectivity index (χ2v) is 4.67. The summed E-state index contributed by atoms with van der Waals surface area (Å²) in [5.74, 6) is -2.60. The molecule has 0 aromatic rings. The van der Waals surface area contributed by atoms with Gasteiger partial charge < -0.3 is 14.6 Å². The van der Waals surface area contributed by atoms with Crippen molar-refractivity contribution in [1.29, 1.82) is 0 Å². The monoisotopic (exact) mass is 226 g/mol. The summed E-state index contributed by atoms with van der Waals surface area (Å²) >= 11 is 0. The number of cyclic esters (lactones) is 3. The molecule has 2 bridgehead atoms. The molecule has 2 heterocycles. The number of aliphatic hydroxyl groups is 1. The van der Waals surface area contributed by atoms with Crippen LogP contribution in [0.25, 0.3) is 0 Å². The van der Waals surface area contributed by atoms with Crippen molar-refractivity contribution < 1.29 is 29.0 Å². The first kappa shape index (κ1) is 9.77. The van der Waals surface area contributed by atoms with Gasteiger partial charge in [0.2, 0.25) is 6.29 Å². The molecule has 0 aromatic carbocycles. The second-order valence-electron chi connectivity index (χ2n) is 4.67. The molecule has 6 heteroatoms. The molecule has 3 rings (SSSR count). The largest absolute Gasteiger partial charge is 0.435 e. The van der Waals surface area contributed by atoms with Crippen molar-refractivity contribution in [2.75, 3.05) is 0 Å². The van der Waals surface area contributed by atoms with E-state index in [9.17, 15) is 19.5 Å². The summed E-state index contributed by atoms with van der Waals surface area (Å²) in [4.78, 5) is 34.2. The number of ether oxygens (including phenoxy) is 2. The zero-order chi connectivity index (χ0) is 11.5. The van der Waals surface area contributed by atoms with Crippen LogP contribution >= 0.6 is 0 Å². The molecule has 3 fully saturated rings. The van der Waals surface area contributed by atoms with Gasteiger partial charge in [0.1, 0.15) is 0 Å². The van der Waals surface area contributed by atoms with Crippen molar-refractivity contribution in [2.45, 2.75) is 25.6 Å². The second kappa shape index (κ2) is 2.82. The van der Waals surface area contributed by atoms with Gasteiger partial charge >= 0.3 is 17.9 Å². The number of esters is 3. The standard InChI is InChI=1S/C10H10O6/c11-6-3-10(9(14)15-6)2-4-1-5(10)8(13)16-7(4)12/h4-5,8,13H,1-3H2. The lowest BCUT2D eigenvalue weighted by Gasteiger charge is -2.29. The lowest BCUT2D eigenvalue weighted by molar-refractivity contribution is -0.196. The molecule has 1 spiro atoms. The third-order valence-electron chi connectivity index (χ3n) is 3.85. The van der Waals surface area contributed by atoms with Gasteiger partial charge in [0.15, 0.2) is 0 Å². The highest BCUT2D eigenvalue weighted by Crippen LogP contribution is 2.56. The first-order chi connectivity index (χ1) is 7.53. The van der Waals surface area contributed by atoms with Gasteiger partial charge in [-0.3, -0.25) is 14.4 Å². The van der Waals surface area contributed by atoms with Crippen molar-refractivity contribution in [3.05, 3.63) is 0 Å². The van der Waals surface area contributed by atoms with Gasteiger partial charge in [0, 0.05) is 5.92 Å². The summed E-state index contributed by atoms with van der Waals surface area (Å²) in [5, 5.41) is 9.63. The van der Waals surface area contributed by atoms with E-state index in [4.69, 9.17) is 4.74 Å². The number of fused-ring (bicyclic) bond motifs is 3. The summed E-state index contributed by atoms with van der Waals surface area (Å²) in [7, 11) is 0. The molecule has 2 aliphatic heterocycles. The van der Waals surface area contributed by atoms with Crippen LogP contribution in [-0.4, -0.2) is 29.3 Å². The minimum absolute atomic E-state index is 0.0549. The predicted octanol–water partition coefficient (Wildman–Crippen LogP) is -0.652. The van der Waals surface area contributed by atoms with Crippen LogP contribution in [0.3, 0.4) is 0 Å². The third kappa shape index (κ3) is 1.02. The fraction of sp³-hybridized carbons (Fsp3) is 0.700. The van der Waals surface area contributed by atoms with E-state index in [2.05, 4.69) is 4.74 Å². The van der Waals surface area contributed by atoms with Crippen molar-refractivity contribution in [3.8, 4) is 0 Å². The van der Waals surface area contributed by atoms with Crippen LogP contribution < -0.4 is 0 Å². The van der Waals surface area contributed by atoms with Crippen LogP contribution in [0, 0.1) is 17.3 Å². The molecule has 0 amide bonds. The molecule has 3 aliphatic rings. The van der Waals surface area contributed by atoms with E-state index in [1.807, 2.05) is 0 Å². The van der Waals surface area contributed by atoms with E-state index in [1.54, 1.807) is 0 Å². The van der Waals surface area contributed by atoms with E-state index in [-0.39, 0.29) is 12.8 Å². The third-order valence-corrected chi connectivity index (χ3v) is 3.85. The maximum Gasteiger partial charge on any atom is 0.320 e. The predicted molar refractivity (Wildman–Crippen MR) is 46.5 cm³/mol. The van der Waals surface area contributed by atoms with Crippen LogP contribution in [0.1, 0.15) is 19.3 Å². The van der Waals surface area contributed by atoms with Crippen LogP contribution in [0.15, 0.2) is 0 Å². The first-order valence-corrected chi connectivity index (χ1v) is 5.16. The van der Waals surface area contributed by atoms with Crippen LogP contribution in [0.4, 0.5) is 0 Å². The number of rotatable bonds is 0. The van der Waals surface area contributed by atoms with E-state index < -0.39 is 41.4 Å². The van der Waals surface area contributed by atoms with Gasteiger partial charge in [-0.25, -0.2) is 0 Å². The Bertz CT molecular complexity index is 402. The molecule has 1 saturated carbocycles. The average Bonchev–Trinajstić information content (AvgIpc) is 2.66. The van der Waals surface area contributed by atoms with E-state index >= 15 is 0 Å². The van der Waals surface area contributed by atoms with Crippen LogP contribution in [-0.2, 0) is 23.9 Å². The lowest BCUT2D eigenvalue weighted by Crippen LogP contribution is -2.40. The summed E-state index contributed by atoms with van der Waals surface area (Å²) in [6, 6.07) is 0. The molecular weight excluding hydrogens is 216 g/mol. The molecule has 4 unspecified atom stereocenters. The van der Waals surface area contributed by atoms with Crippen LogP contribution in [0.5, 0.6) is 0 Å². The molecule has 0 aromatic heterocycles. The minimum atomic E-state index is -1.30. The summed E-state index contributed by atoms with van der Waals surface area (Å²) in [6.07, 6.45) is -0.717. The number of hydrogen-bond acceptors (Lipinski definition) is 6. The maximum atomic E-state index is 11.7. The summed E-state index contributed by atoms with van der Waals surface area (Å²) in [6.45, 7) is 0. The quantitative estimate of drug-likeness (QED) is 0.436. The fourth-order valence-electron chi connectivity index (χ4n) is 3.08. The Kier molecular flexibility index (Phi) is 1.72. The summed E-state index contributed by atoms with van der Waals surface area (Å²) < 4.78 is 9.28. The Morgan fingerprint density at radius 1 is 1.31 bits per heavy atom. The van der Waals surface area contributed by atoms with Gasteiger partial charge in [0.25, 0.3) is 0 Å². The minimum Gasteiger partial charge on any atom is -0.435 e. The van der Waals surface area contributed by atoms with Crippen molar-refractivity contribution in [2.24, 2.45) is 17.3 Å². The molecule has 86 valence electrons. The Morgan fingerprint density at radius 3 is 2.69 bits per heavy atom. The molecule has 16 heavy (non-hydrogen) atoms. The molecule has 1 N–H and O–H groups in total. The van der Waals surface area contributed by atoms with Gasteiger partial charge in [-0.2, -0.15) is 0 Å². The number of carbonyl (C=O) groups is 3. The molecule has 6 nitrogen and oxygen atoms in total. The Balaban J connectivity index is 2.01. The van der Waals surface area contributed by atoms with E-state index in [0.29, 0.717) is 6.42 Å². The normalized spacial score (nSPS) is 46.1. The first-order valence-electron chi connectivity index (χ1n) is 5.16. The van der Waals surface area contributed by atoms with E-state index in [0.717, 1.165) is 0 Å². The Morgan fingerprint density at radius 2 is 2.06 bits per heavy atom. The van der Waals surface area contributed by atoms with Crippen molar-refractivity contribution in [1.82, 2.24) is 0 Å². The maximum absolute atomic E-state index is 11.7. The van der Waals surface area contributed by atoms with Crippen LogP contribution in [0.2, 0.25) is 0 Å². The fourth-order valence-corrected chi connectivity index (χ4v) is 3.08. The SMILES string of the molecule is O=C1CC2(CC3CC2C(O)OC3=O)C(=O)O1.